The Labute approximate surface area is 123 Å². The summed E-state index contributed by atoms with van der Waals surface area (Å²) in [6.07, 6.45) is 1.29. The summed E-state index contributed by atoms with van der Waals surface area (Å²) in [5.41, 5.74) is 1.33. The summed E-state index contributed by atoms with van der Waals surface area (Å²) < 4.78 is 5.57. The molecule has 0 spiro atoms. The molecule has 0 bridgehead atoms. The van der Waals surface area contributed by atoms with Gasteiger partial charge in [-0.2, -0.15) is 0 Å². The number of carbonyl (C=O) groups is 2. The number of carboxylic acid groups (broad SMARTS) is 1. The first-order valence-electron chi connectivity index (χ1n) is 7.10. The zero-order valence-electron chi connectivity index (χ0n) is 12.0. The van der Waals surface area contributed by atoms with Crippen molar-refractivity contribution < 1.29 is 19.4 Å². The molecule has 1 unspecified atom stereocenters. The monoisotopic (exact) mass is 292 g/mol. The first-order valence-corrected chi connectivity index (χ1v) is 7.10. The van der Waals surface area contributed by atoms with E-state index in [2.05, 4.69) is 10.6 Å². The Morgan fingerprint density at radius 1 is 1.48 bits per heavy atom. The number of fused-ring (bicyclic) bond motifs is 1. The van der Waals surface area contributed by atoms with Crippen molar-refractivity contribution in [3.8, 4) is 5.75 Å². The molecule has 1 atom stereocenters. The van der Waals surface area contributed by atoms with Crippen LogP contribution in [0.3, 0.4) is 0 Å². The van der Waals surface area contributed by atoms with Gasteiger partial charge in [-0.05, 0) is 31.9 Å². The van der Waals surface area contributed by atoms with Crippen LogP contribution < -0.4 is 15.4 Å². The van der Waals surface area contributed by atoms with Gasteiger partial charge < -0.3 is 20.5 Å². The molecule has 1 aromatic carbocycles. The summed E-state index contributed by atoms with van der Waals surface area (Å²) in [6, 6.07) is 5.33. The lowest BCUT2D eigenvalue weighted by Crippen LogP contribution is -2.33. The maximum absolute atomic E-state index is 12.3. The Morgan fingerprint density at radius 2 is 2.29 bits per heavy atom. The van der Waals surface area contributed by atoms with Crippen LogP contribution >= 0.6 is 0 Å². The maximum Gasteiger partial charge on any atom is 0.303 e. The highest BCUT2D eigenvalue weighted by molar-refractivity contribution is 5.99. The van der Waals surface area contributed by atoms with E-state index in [-0.39, 0.29) is 18.4 Å². The second-order valence-electron chi connectivity index (χ2n) is 5.12. The number of ether oxygens (including phenoxy) is 1. The Balaban J connectivity index is 1.95. The van der Waals surface area contributed by atoms with Crippen molar-refractivity contribution in [2.24, 2.45) is 0 Å². The smallest absolute Gasteiger partial charge is 0.303 e. The summed E-state index contributed by atoms with van der Waals surface area (Å²) in [5.74, 6) is -0.428. The SMILES string of the molecule is CC(CCCC(=O)O)NC(=O)c1cccc2c1OCCN2. The van der Waals surface area contributed by atoms with Gasteiger partial charge in [0.05, 0.1) is 11.3 Å². The van der Waals surface area contributed by atoms with Gasteiger partial charge in [0.1, 0.15) is 6.61 Å². The number of carboxylic acids is 1. The van der Waals surface area contributed by atoms with Gasteiger partial charge in [-0.15, -0.1) is 0 Å². The van der Waals surface area contributed by atoms with Gasteiger partial charge in [-0.3, -0.25) is 9.59 Å². The van der Waals surface area contributed by atoms with Crippen molar-refractivity contribution in [2.75, 3.05) is 18.5 Å². The minimum absolute atomic E-state index is 0.0794. The van der Waals surface area contributed by atoms with E-state index in [0.29, 0.717) is 30.8 Å². The number of amides is 1. The first-order chi connectivity index (χ1) is 10.1. The quantitative estimate of drug-likeness (QED) is 0.745. The van der Waals surface area contributed by atoms with Crippen LogP contribution in [0.2, 0.25) is 0 Å². The molecule has 0 fully saturated rings. The zero-order chi connectivity index (χ0) is 15.2. The van der Waals surface area contributed by atoms with E-state index in [0.717, 1.165) is 12.2 Å². The largest absolute Gasteiger partial charge is 0.489 e. The third kappa shape index (κ3) is 4.11. The summed E-state index contributed by atoms with van der Waals surface area (Å²) in [5, 5.41) is 14.7. The molecule has 1 amide bonds. The van der Waals surface area contributed by atoms with Crippen molar-refractivity contribution >= 4 is 17.6 Å². The van der Waals surface area contributed by atoms with Gasteiger partial charge in [0.2, 0.25) is 0 Å². The minimum Gasteiger partial charge on any atom is -0.489 e. The summed E-state index contributed by atoms with van der Waals surface area (Å²) in [7, 11) is 0. The molecular formula is C15H20N2O4. The molecule has 6 heteroatoms. The second kappa shape index (κ2) is 6.97. The van der Waals surface area contributed by atoms with Gasteiger partial charge in [0, 0.05) is 19.0 Å². The Kier molecular flexibility index (Phi) is 5.03. The fraction of sp³-hybridized carbons (Fsp3) is 0.467. The number of benzene rings is 1. The minimum atomic E-state index is -0.815. The van der Waals surface area contributed by atoms with Crippen LogP contribution in [-0.2, 0) is 4.79 Å². The van der Waals surface area contributed by atoms with Crippen molar-refractivity contribution in [2.45, 2.75) is 32.2 Å². The van der Waals surface area contributed by atoms with Crippen molar-refractivity contribution in [3.63, 3.8) is 0 Å². The molecule has 114 valence electrons. The van der Waals surface area contributed by atoms with Crippen molar-refractivity contribution in [1.29, 1.82) is 0 Å². The normalized spacial score (nSPS) is 14.3. The van der Waals surface area contributed by atoms with Gasteiger partial charge in [-0.25, -0.2) is 0 Å². The number of carbonyl (C=O) groups excluding carboxylic acids is 1. The van der Waals surface area contributed by atoms with Crippen molar-refractivity contribution in [3.05, 3.63) is 23.8 Å². The van der Waals surface area contributed by atoms with Gasteiger partial charge in [0.15, 0.2) is 5.75 Å². The van der Waals surface area contributed by atoms with E-state index in [4.69, 9.17) is 9.84 Å². The average Bonchev–Trinajstić information content (AvgIpc) is 2.46. The lowest BCUT2D eigenvalue weighted by atomic mass is 10.1. The van der Waals surface area contributed by atoms with E-state index in [1.165, 1.54) is 0 Å². The van der Waals surface area contributed by atoms with E-state index in [1.807, 2.05) is 19.1 Å². The molecule has 0 aliphatic carbocycles. The molecule has 6 nitrogen and oxygen atoms in total. The Bertz CT molecular complexity index is 530. The Hall–Kier alpha value is -2.24. The van der Waals surface area contributed by atoms with E-state index < -0.39 is 5.97 Å². The highest BCUT2D eigenvalue weighted by Crippen LogP contribution is 2.31. The fourth-order valence-corrected chi connectivity index (χ4v) is 2.28. The van der Waals surface area contributed by atoms with Crippen molar-refractivity contribution in [1.82, 2.24) is 5.32 Å². The third-order valence-corrected chi connectivity index (χ3v) is 3.33. The number of anilines is 1. The lowest BCUT2D eigenvalue weighted by Gasteiger charge is -2.22. The van der Waals surface area contributed by atoms with Crippen LogP contribution in [0.1, 0.15) is 36.5 Å². The topological polar surface area (TPSA) is 87.7 Å². The van der Waals surface area contributed by atoms with Gasteiger partial charge in [-0.1, -0.05) is 6.07 Å². The predicted octanol–water partition coefficient (Wildman–Crippen LogP) is 1.86. The standard InChI is InChI=1S/C15H20N2O4/c1-10(4-2-7-13(18)19)17-15(20)11-5-3-6-12-14(11)21-9-8-16-12/h3,5-6,10,16H,2,4,7-9H2,1H3,(H,17,20)(H,18,19). The molecule has 1 aromatic rings. The van der Waals surface area contributed by atoms with Crippen LogP contribution in [0.25, 0.3) is 0 Å². The Morgan fingerprint density at radius 3 is 3.05 bits per heavy atom. The average molecular weight is 292 g/mol. The summed E-state index contributed by atoms with van der Waals surface area (Å²) in [6.45, 7) is 3.13. The number of hydrogen-bond donors (Lipinski definition) is 3. The molecule has 0 aromatic heterocycles. The van der Waals surface area contributed by atoms with Crippen LogP contribution in [0.5, 0.6) is 5.75 Å². The lowest BCUT2D eigenvalue weighted by molar-refractivity contribution is -0.137. The molecule has 1 heterocycles. The number of aliphatic carboxylic acids is 1. The van der Waals surface area contributed by atoms with E-state index in [9.17, 15) is 9.59 Å². The number of nitrogens with one attached hydrogen (secondary N) is 2. The van der Waals surface area contributed by atoms with E-state index >= 15 is 0 Å². The zero-order valence-corrected chi connectivity index (χ0v) is 12.0. The molecule has 3 N–H and O–H groups in total. The van der Waals surface area contributed by atoms with Crippen LogP contribution in [0.15, 0.2) is 18.2 Å². The van der Waals surface area contributed by atoms with Crippen LogP contribution in [-0.4, -0.2) is 36.2 Å². The second-order valence-corrected chi connectivity index (χ2v) is 5.12. The molecule has 0 saturated heterocycles. The summed E-state index contributed by atoms with van der Waals surface area (Å²) in [4.78, 5) is 22.8. The molecular weight excluding hydrogens is 272 g/mol. The highest BCUT2D eigenvalue weighted by Gasteiger charge is 2.19. The number of rotatable bonds is 6. The molecule has 1 aliphatic heterocycles. The first kappa shape index (κ1) is 15.2. The molecule has 0 radical (unpaired) electrons. The van der Waals surface area contributed by atoms with E-state index in [1.54, 1.807) is 6.07 Å². The van der Waals surface area contributed by atoms with Gasteiger partial charge in [0.25, 0.3) is 5.91 Å². The van der Waals surface area contributed by atoms with Crippen LogP contribution in [0.4, 0.5) is 5.69 Å². The van der Waals surface area contributed by atoms with Gasteiger partial charge >= 0.3 is 5.97 Å². The number of para-hydroxylation sites is 1. The highest BCUT2D eigenvalue weighted by atomic mass is 16.5. The maximum atomic E-state index is 12.3. The van der Waals surface area contributed by atoms with Crippen LogP contribution in [0, 0.1) is 0 Å². The fourth-order valence-electron chi connectivity index (χ4n) is 2.28. The molecule has 0 saturated carbocycles. The molecule has 2 rings (SSSR count). The number of hydrogen-bond acceptors (Lipinski definition) is 4. The summed E-state index contributed by atoms with van der Waals surface area (Å²) >= 11 is 0. The molecule has 21 heavy (non-hydrogen) atoms. The molecule has 1 aliphatic rings. The third-order valence-electron chi connectivity index (χ3n) is 3.33. The predicted molar refractivity (Wildman–Crippen MR) is 78.8 cm³/mol.